The van der Waals surface area contributed by atoms with Gasteiger partial charge < -0.3 is 72.9 Å². The van der Waals surface area contributed by atoms with Crippen molar-refractivity contribution < 1.29 is 82.5 Å². The van der Waals surface area contributed by atoms with Gasteiger partial charge in [-0.1, -0.05) is 51.2 Å². The van der Waals surface area contributed by atoms with Crippen LogP contribution in [0.15, 0.2) is 36.5 Å². The second-order valence-corrected chi connectivity index (χ2v) is 22.7. The second-order valence-electron chi connectivity index (χ2n) is 21.6. The maximum absolute atomic E-state index is 14.0. The highest BCUT2D eigenvalue weighted by atomic mass is 35.5. The van der Waals surface area contributed by atoms with Crippen LogP contribution in [-0.4, -0.2) is 172 Å². The molecule has 6 saturated heterocycles. The van der Waals surface area contributed by atoms with Crippen LogP contribution in [0.1, 0.15) is 130 Å². The Morgan fingerprint density at radius 3 is 2.29 bits per heavy atom. The molecule has 19 heteroatoms. The average molecular weight is 1060 g/mol. The molecule has 7 aliphatic rings. The fourth-order valence-corrected chi connectivity index (χ4v) is 12.5. The summed E-state index contributed by atoms with van der Waals surface area (Å²) in [6, 6.07) is 0. The highest BCUT2D eigenvalue weighted by molar-refractivity contribution is 6.21. The molecule has 410 valence electrons. The van der Waals surface area contributed by atoms with Gasteiger partial charge in [-0.2, -0.15) is 0 Å². The zero-order chi connectivity index (χ0) is 52.0. The van der Waals surface area contributed by atoms with Crippen molar-refractivity contribution in [1.29, 1.82) is 0 Å². The number of carbonyl (C=O) groups excluding carboxylic acids is 2. The summed E-state index contributed by atoms with van der Waals surface area (Å²) in [5, 5.41) is 55.3. The van der Waals surface area contributed by atoms with E-state index in [9.17, 15) is 35.1 Å². The first-order valence-corrected chi connectivity index (χ1v) is 27.3. The lowest BCUT2D eigenvalue weighted by molar-refractivity contribution is -0.413. The Morgan fingerprint density at radius 1 is 0.792 bits per heavy atom. The van der Waals surface area contributed by atoms with Crippen molar-refractivity contribution in [2.24, 2.45) is 17.8 Å². The van der Waals surface area contributed by atoms with Crippen molar-refractivity contribution in [3.05, 3.63) is 36.5 Å². The zero-order valence-corrected chi connectivity index (χ0v) is 44.4. The molecule has 7 heterocycles. The molecule has 72 heavy (non-hydrogen) atoms. The van der Waals surface area contributed by atoms with Gasteiger partial charge >= 0.3 is 11.9 Å². The Balaban J connectivity index is 1.14. The quantitative estimate of drug-likeness (QED) is 0.104. The van der Waals surface area contributed by atoms with E-state index < -0.39 is 131 Å². The molecule has 3 spiro atoms. The molecule has 0 aromatic rings. The van der Waals surface area contributed by atoms with Crippen molar-refractivity contribution in [3.63, 3.8) is 0 Å². The summed E-state index contributed by atoms with van der Waals surface area (Å²) < 4.78 is 63.5. The van der Waals surface area contributed by atoms with Crippen LogP contribution in [0.3, 0.4) is 0 Å². The third-order valence-electron chi connectivity index (χ3n) is 16.3. The summed E-state index contributed by atoms with van der Waals surface area (Å²) in [5.41, 5.74) is 0. The monoisotopic (exact) mass is 1060 g/mol. The topological polar surface area (TPSA) is 228 Å². The zero-order valence-electron chi connectivity index (χ0n) is 42.8. The fourth-order valence-electron chi connectivity index (χ4n) is 11.9. The Kier molecular flexibility index (Phi) is 20.6. The van der Waals surface area contributed by atoms with Crippen LogP contribution in [0.2, 0.25) is 0 Å². The molecule has 7 aliphatic heterocycles. The summed E-state index contributed by atoms with van der Waals surface area (Å²) in [4.78, 5) is 25.6. The number of allylic oxidation sites excluding steroid dienone is 2. The van der Waals surface area contributed by atoms with Crippen LogP contribution in [-0.2, 0) is 57.0 Å². The minimum absolute atomic E-state index is 0.0660. The lowest BCUT2D eigenvalue weighted by atomic mass is 9.82. The first kappa shape index (κ1) is 57.9. The van der Waals surface area contributed by atoms with Crippen molar-refractivity contribution in [1.82, 2.24) is 0 Å². The standard InChI is InChI=1S/C53H82Cl2O17/c1-30-18-21-51-23-20-40(63-4)49(71-51)48(61)47(60)31(2)14-17-39-46(55)44(64-5)28-52(68-39)22-19-32(3)53(72-52)29-43(38(70-53)13-11-9-7-8-10-12-37(58)50(62)65-6)67-45(59)27-42-36(54)16-15-35(66-42)25-33(56)24-34(57)26-41(30)69-51/h8-11,18,21,30-44,46-49,56-58,60-61H,7,12-17,19-20,22-29H2,1-6H3. The summed E-state index contributed by atoms with van der Waals surface area (Å²) in [7, 11) is 4.39. The molecule has 0 aliphatic carbocycles. The van der Waals surface area contributed by atoms with Crippen LogP contribution in [0.5, 0.6) is 0 Å². The molecule has 22 unspecified atom stereocenters. The molecular weight excluding hydrogens is 979 g/mol. The SMILES string of the molecule is COC(=O)C(O)CC=CCC=CCC1OC23CC1OC(=O)CC1OC(CCC1Cl)CC(O)CC(O)CC1OC4(C=CC1C)CCC(OC)C(O4)C(O)C(O)C(C)CCC1OC(CCC2C)(CC(OC)C1Cl)O3. The Labute approximate surface area is 435 Å². The largest absolute Gasteiger partial charge is 0.467 e. The third kappa shape index (κ3) is 14.0. The lowest BCUT2D eigenvalue weighted by Gasteiger charge is -2.54. The van der Waals surface area contributed by atoms with E-state index in [4.69, 9.17) is 65.8 Å². The van der Waals surface area contributed by atoms with Gasteiger partial charge in [0.25, 0.3) is 0 Å². The van der Waals surface area contributed by atoms with Crippen molar-refractivity contribution in [3.8, 4) is 0 Å². The first-order valence-electron chi connectivity index (χ1n) is 26.4. The number of carbonyl (C=O) groups is 2. The van der Waals surface area contributed by atoms with Crippen LogP contribution in [0.4, 0.5) is 0 Å². The summed E-state index contributed by atoms with van der Waals surface area (Å²) in [6.07, 6.45) is 5.99. The van der Waals surface area contributed by atoms with Crippen LogP contribution >= 0.6 is 23.2 Å². The van der Waals surface area contributed by atoms with E-state index in [-0.39, 0.29) is 50.4 Å². The summed E-state index contributed by atoms with van der Waals surface area (Å²) in [5.74, 6) is -5.54. The number of hydrogen-bond acceptors (Lipinski definition) is 17. The average Bonchev–Trinajstić information content (AvgIpc) is 3.69. The van der Waals surface area contributed by atoms with Gasteiger partial charge in [0.05, 0.1) is 79.2 Å². The maximum Gasteiger partial charge on any atom is 0.335 e. The Hall–Kier alpha value is -1.78. The highest BCUT2D eigenvalue weighted by Gasteiger charge is 2.61. The minimum atomic E-state index is -1.35. The second kappa shape index (κ2) is 25.6. The van der Waals surface area contributed by atoms with E-state index in [0.29, 0.717) is 70.6 Å². The minimum Gasteiger partial charge on any atom is -0.467 e. The van der Waals surface area contributed by atoms with E-state index in [1.807, 2.05) is 44.2 Å². The molecule has 17 nitrogen and oxygen atoms in total. The molecule has 0 radical (unpaired) electrons. The molecule has 22 atom stereocenters. The molecule has 0 saturated carbocycles. The number of aliphatic hydroxyl groups is 5. The molecule has 7 rings (SSSR count). The van der Waals surface area contributed by atoms with E-state index in [0.717, 1.165) is 0 Å². The summed E-state index contributed by atoms with van der Waals surface area (Å²) in [6.45, 7) is 5.90. The van der Waals surface area contributed by atoms with Crippen molar-refractivity contribution in [2.75, 3.05) is 21.3 Å². The Bertz CT molecular complexity index is 1860. The molecule has 0 amide bonds. The van der Waals surface area contributed by atoms with Gasteiger partial charge in [0.1, 0.15) is 24.4 Å². The number of methoxy groups -OCH3 is 3. The number of hydrogen-bond donors (Lipinski definition) is 5. The van der Waals surface area contributed by atoms with Gasteiger partial charge in [0.2, 0.25) is 0 Å². The van der Waals surface area contributed by atoms with E-state index in [1.54, 1.807) is 20.3 Å². The highest BCUT2D eigenvalue weighted by Crippen LogP contribution is 2.53. The molecule has 5 N–H and O–H groups in total. The number of alkyl halides is 2. The number of esters is 2. The van der Waals surface area contributed by atoms with Gasteiger partial charge in [-0.05, 0) is 76.2 Å². The molecule has 0 aromatic carbocycles. The normalized spacial score (nSPS) is 46.3. The number of fused-ring (bicyclic) bond motifs is 6. The van der Waals surface area contributed by atoms with Gasteiger partial charge in [-0.15, -0.1) is 23.2 Å². The van der Waals surface area contributed by atoms with Crippen molar-refractivity contribution >= 4 is 35.1 Å². The van der Waals surface area contributed by atoms with Gasteiger partial charge in [0, 0.05) is 64.6 Å². The number of rotatable bonds is 9. The predicted molar refractivity (Wildman–Crippen MR) is 264 cm³/mol. The van der Waals surface area contributed by atoms with Crippen LogP contribution in [0.25, 0.3) is 0 Å². The molecule has 6 fully saturated rings. The maximum atomic E-state index is 14.0. The number of ether oxygens (including phenoxy) is 10. The third-order valence-corrected chi connectivity index (χ3v) is 17.4. The number of aliphatic hydroxyl groups excluding tert-OH is 5. The van der Waals surface area contributed by atoms with Crippen LogP contribution < -0.4 is 0 Å². The molecule has 0 aromatic heterocycles. The van der Waals surface area contributed by atoms with Crippen LogP contribution in [0, 0.1) is 17.8 Å². The van der Waals surface area contributed by atoms with E-state index >= 15 is 0 Å². The summed E-state index contributed by atoms with van der Waals surface area (Å²) >= 11 is 14.0. The van der Waals surface area contributed by atoms with Crippen molar-refractivity contribution in [2.45, 2.75) is 243 Å². The van der Waals surface area contributed by atoms with Gasteiger partial charge in [-0.3, -0.25) is 4.79 Å². The van der Waals surface area contributed by atoms with Gasteiger partial charge in [-0.25, -0.2) is 4.79 Å². The smallest absolute Gasteiger partial charge is 0.335 e. The fraction of sp³-hybridized carbons (Fsp3) is 0.849. The Morgan fingerprint density at radius 2 is 1.54 bits per heavy atom. The predicted octanol–water partition coefficient (Wildman–Crippen LogP) is 5.82. The van der Waals surface area contributed by atoms with E-state index in [2.05, 4.69) is 11.7 Å². The molecular formula is C53H82Cl2O17. The molecule has 9 bridgehead atoms. The van der Waals surface area contributed by atoms with Gasteiger partial charge in [0.15, 0.2) is 23.5 Å². The van der Waals surface area contributed by atoms with E-state index in [1.165, 1.54) is 7.11 Å². The first-order chi connectivity index (χ1) is 34.3. The number of halogens is 2. The lowest BCUT2D eigenvalue weighted by Crippen LogP contribution is -2.61.